The van der Waals surface area contributed by atoms with E-state index < -0.39 is 4.92 Å². The van der Waals surface area contributed by atoms with Gasteiger partial charge in [-0.1, -0.05) is 42.5 Å². The summed E-state index contributed by atoms with van der Waals surface area (Å²) in [6.45, 7) is 0.133. The number of nitrogens with one attached hydrogen (secondary N) is 1. The van der Waals surface area contributed by atoms with Crippen LogP contribution in [0.1, 0.15) is 5.69 Å². The van der Waals surface area contributed by atoms with Crippen molar-refractivity contribution in [3.63, 3.8) is 0 Å². The maximum Gasteiger partial charge on any atom is 0.310 e. The minimum absolute atomic E-state index is 0.0738. The molecule has 2 aromatic carbocycles. The fourth-order valence-corrected chi connectivity index (χ4v) is 3.25. The highest BCUT2D eigenvalue weighted by Crippen LogP contribution is 2.25. The van der Waals surface area contributed by atoms with Crippen LogP contribution in [0.15, 0.2) is 60.0 Å². The number of nitrogens with zero attached hydrogens (tertiary/aromatic N) is 2. The quantitative estimate of drug-likeness (QED) is 0.475. The first-order valence-electron chi connectivity index (χ1n) is 8.26. The van der Waals surface area contributed by atoms with Crippen molar-refractivity contribution in [1.82, 2.24) is 10.3 Å². The molecule has 3 rings (SSSR count). The monoisotopic (exact) mass is 383 g/mol. The molecule has 0 unspecified atom stereocenters. The summed E-state index contributed by atoms with van der Waals surface area (Å²) in [5.74, 6) is -0.267. The number of rotatable bonds is 8. The van der Waals surface area contributed by atoms with Crippen molar-refractivity contribution < 1.29 is 14.5 Å². The van der Waals surface area contributed by atoms with Crippen LogP contribution >= 0.6 is 11.3 Å². The lowest BCUT2D eigenvalue weighted by molar-refractivity contribution is -0.385. The van der Waals surface area contributed by atoms with Crippen LogP contribution in [0.2, 0.25) is 0 Å². The summed E-state index contributed by atoms with van der Waals surface area (Å²) in [6, 6.07) is 15.9. The minimum atomic E-state index is -0.542. The van der Waals surface area contributed by atoms with Gasteiger partial charge in [0, 0.05) is 30.0 Å². The summed E-state index contributed by atoms with van der Waals surface area (Å²) in [5.41, 5.74) is 1.80. The van der Waals surface area contributed by atoms with E-state index >= 15 is 0 Å². The molecular weight excluding hydrogens is 366 g/mol. The van der Waals surface area contributed by atoms with E-state index in [-0.39, 0.29) is 24.0 Å². The highest BCUT2D eigenvalue weighted by molar-refractivity contribution is 7.13. The van der Waals surface area contributed by atoms with Crippen molar-refractivity contribution in [2.45, 2.75) is 6.42 Å². The average Bonchev–Trinajstić information content (AvgIpc) is 3.16. The van der Waals surface area contributed by atoms with Crippen molar-refractivity contribution in [1.29, 1.82) is 0 Å². The summed E-state index contributed by atoms with van der Waals surface area (Å²) in [6.07, 6.45) is 0.598. The van der Waals surface area contributed by atoms with E-state index in [1.165, 1.54) is 12.1 Å². The molecule has 0 atom stereocenters. The number of ether oxygens (including phenoxy) is 1. The number of aromatic nitrogens is 1. The summed E-state index contributed by atoms with van der Waals surface area (Å²) in [4.78, 5) is 26.8. The number of nitro benzene ring substituents is 1. The third-order valence-electron chi connectivity index (χ3n) is 3.70. The molecule has 0 aliphatic carbocycles. The highest BCUT2D eigenvalue weighted by Gasteiger charge is 2.14. The lowest BCUT2D eigenvalue weighted by Gasteiger charge is -2.07. The fourth-order valence-electron chi connectivity index (χ4n) is 2.39. The van der Waals surface area contributed by atoms with E-state index in [1.54, 1.807) is 23.5 Å². The Morgan fingerprint density at radius 1 is 1.15 bits per heavy atom. The topological polar surface area (TPSA) is 94.4 Å². The Hall–Kier alpha value is -3.26. The molecule has 8 heteroatoms. The predicted molar refractivity (Wildman–Crippen MR) is 103 cm³/mol. The number of thiazole rings is 1. The molecule has 1 amide bonds. The number of hydrogen-bond acceptors (Lipinski definition) is 6. The fraction of sp³-hybridized carbons (Fsp3) is 0.158. The largest absolute Gasteiger partial charge is 0.477 e. The Labute approximate surface area is 159 Å². The van der Waals surface area contributed by atoms with E-state index in [0.717, 1.165) is 16.3 Å². The third-order valence-corrected chi connectivity index (χ3v) is 4.64. The summed E-state index contributed by atoms with van der Waals surface area (Å²) in [5, 5.41) is 16.6. The molecule has 7 nitrogen and oxygen atoms in total. The van der Waals surface area contributed by atoms with E-state index in [2.05, 4.69) is 10.3 Å². The van der Waals surface area contributed by atoms with Gasteiger partial charge in [0.15, 0.2) is 12.4 Å². The highest BCUT2D eigenvalue weighted by atomic mass is 32.1. The summed E-state index contributed by atoms with van der Waals surface area (Å²) in [7, 11) is 0. The van der Waals surface area contributed by atoms with Crippen LogP contribution in [0.5, 0.6) is 5.75 Å². The van der Waals surface area contributed by atoms with Crippen LogP contribution in [-0.2, 0) is 11.2 Å². The van der Waals surface area contributed by atoms with Crippen LogP contribution in [0.4, 0.5) is 5.69 Å². The first-order valence-corrected chi connectivity index (χ1v) is 9.14. The van der Waals surface area contributed by atoms with E-state index in [9.17, 15) is 14.9 Å². The first kappa shape index (κ1) is 18.5. The minimum Gasteiger partial charge on any atom is -0.477 e. The van der Waals surface area contributed by atoms with Crippen LogP contribution in [0.25, 0.3) is 10.6 Å². The standard InChI is InChI=1S/C19H17N3O4S/c23-18(12-26-17-9-5-4-8-16(17)22(24)25)20-11-10-15-13-27-19(21-15)14-6-2-1-3-7-14/h1-9,13H,10-12H2,(H,20,23). The van der Waals surface area contributed by atoms with Crippen LogP contribution in [-0.4, -0.2) is 29.0 Å². The van der Waals surface area contributed by atoms with Gasteiger partial charge >= 0.3 is 5.69 Å². The Kier molecular flexibility index (Phi) is 6.11. The smallest absolute Gasteiger partial charge is 0.310 e. The predicted octanol–water partition coefficient (Wildman–Crippen LogP) is 3.46. The lowest BCUT2D eigenvalue weighted by Crippen LogP contribution is -2.30. The molecule has 1 N–H and O–H groups in total. The molecule has 138 valence electrons. The maximum atomic E-state index is 11.9. The molecule has 27 heavy (non-hydrogen) atoms. The van der Waals surface area contributed by atoms with Crippen LogP contribution < -0.4 is 10.1 Å². The molecule has 0 bridgehead atoms. The zero-order valence-corrected chi connectivity index (χ0v) is 15.1. The number of amides is 1. The molecular formula is C19H17N3O4S. The Bertz CT molecular complexity index is 927. The Morgan fingerprint density at radius 3 is 2.67 bits per heavy atom. The maximum absolute atomic E-state index is 11.9. The van der Waals surface area contributed by atoms with Crippen molar-refractivity contribution >= 4 is 22.9 Å². The molecule has 0 radical (unpaired) electrons. The molecule has 0 fully saturated rings. The van der Waals surface area contributed by atoms with E-state index in [1.807, 2.05) is 35.7 Å². The molecule has 3 aromatic rings. The zero-order chi connectivity index (χ0) is 19.1. The van der Waals surface area contributed by atoms with Crippen molar-refractivity contribution in [2.24, 2.45) is 0 Å². The molecule has 0 aliphatic heterocycles. The lowest BCUT2D eigenvalue weighted by atomic mass is 10.2. The number of benzene rings is 2. The molecule has 0 spiro atoms. The number of para-hydroxylation sites is 2. The average molecular weight is 383 g/mol. The van der Waals surface area contributed by atoms with Crippen LogP contribution in [0, 0.1) is 10.1 Å². The number of hydrogen-bond donors (Lipinski definition) is 1. The molecule has 1 aromatic heterocycles. The van der Waals surface area contributed by atoms with Crippen molar-refractivity contribution in [2.75, 3.05) is 13.2 Å². The normalized spacial score (nSPS) is 10.4. The van der Waals surface area contributed by atoms with Gasteiger partial charge in [-0.05, 0) is 6.07 Å². The van der Waals surface area contributed by atoms with Crippen molar-refractivity contribution in [3.8, 4) is 16.3 Å². The molecule has 0 saturated carbocycles. The third kappa shape index (κ3) is 5.11. The summed E-state index contributed by atoms with van der Waals surface area (Å²) < 4.78 is 5.26. The van der Waals surface area contributed by atoms with Gasteiger partial charge < -0.3 is 10.1 Å². The van der Waals surface area contributed by atoms with Crippen LogP contribution in [0.3, 0.4) is 0 Å². The Morgan fingerprint density at radius 2 is 1.89 bits per heavy atom. The van der Waals surface area contributed by atoms with E-state index in [4.69, 9.17) is 4.74 Å². The van der Waals surface area contributed by atoms with Gasteiger partial charge in [0.05, 0.1) is 10.6 Å². The Balaban J connectivity index is 1.45. The van der Waals surface area contributed by atoms with E-state index in [0.29, 0.717) is 13.0 Å². The molecule has 0 aliphatic rings. The first-order chi connectivity index (χ1) is 13.1. The van der Waals surface area contributed by atoms with Gasteiger partial charge in [0.2, 0.25) is 0 Å². The van der Waals surface area contributed by atoms with Gasteiger partial charge in [0.25, 0.3) is 5.91 Å². The zero-order valence-electron chi connectivity index (χ0n) is 14.3. The number of carbonyl (C=O) groups is 1. The van der Waals surface area contributed by atoms with Crippen molar-refractivity contribution in [3.05, 3.63) is 75.8 Å². The van der Waals surface area contributed by atoms with Gasteiger partial charge in [-0.2, -0.15) is 0 Å². The SMILES string of the molecule is O=C(COc1ccccc1[N+](=O)[O-])NCCc1csc(-c2ccccc2)n1. The van der Waals surface area contributed by atoms with Gasteiger partial charge in [0.1, 0.15) is 5.01 Å². The number of nitro groups is 1. The van der Waals surface area contributed by atoms with Gasteiger partial charge in [-0.15, -0.1) is 11.3 Å². The van der Waals surface area contributed by atoms with Gasteiger partial charge in [-0.3, -0.25) is 14.9 Å². The van der Waals surface area contributed by atoms with Gasteiger partial charge in [-0.25, -0.2) is 4.98 Å². The summed E-state index contributed by atoms with van der Waals surface area (Å²) >= 11 is 1.56. The second-order valence-electron chi connectivity index (χ2n) is 5.62. The molecule has 0 saturated heterocycles. The number of carbonyl (C=O) groups excluding carboxylic acids is 1. The second-order valence-corrected chi connectivity index (χ2v) is 6.48. The second kappa shape index (κ2) is 8.91. The molecule has 1 heterocycles.